The third-order valence-electron chi connectivity index (χ3n) is 9.08. The van der Waals surface area contributed by atoms with Gasteiger partial charge in [0, 0.05) is 12.8 Å². The number of nitrogens with zero attached hydrogens (tertiary/aromatic N) is 1. The highest BCUT2D eigenvalue weighted by molar-refractivity contribution is 7.45. The topological polar surface area (TPSA) is 131 Å². The van der Waals surface area contributed by atoms with E-state index in [1.165, 1.54) is 64.2 Å². The molecule has 0 aromatic carbocycles. The predicted molar refractivity (Wildman–Crippen MR) is 237 cm³/mol. The van der Waals surface area contributed by atoms with Gasteiger partial charge in [-0.05, 0) is 44.9 Å². The van der Waals surface area contributed by atoms with Crippen LogP contribution in [-0.4, -0.2) is 81.2 Å². The largest absolute Gasteiger partial charge is 0.756 e. The maximum atomic E-state index is 12.7. The van der Waals surface area contributed by atoms with Gasteiger partial charge >= 0.3 is 11.9 Å². The van der Waals surface area contributed by atoms with Gasteiger partial charge in [-0.25, -0.2) is 0 Å². The summed E-state index contributed by atoms with van der Waals surface area (Å²) in [5, 5.41) is 9.84. The lowest BCUT2D eigenvalue weighted by Gasteiger charge is -2.28. The number of hydrogen-bond donors (Lipinski definition) is 1. The van der Waals surface area contributed by atoms with Crippen LogP contribution in [0.2, 0.25) is 0 Å². The van der Waals surface area contributed by atoms with Crippen molar-refractivity contribution >= 4 is 19.8 Å². The molecule has 0 aliphatic carbocycles. The van der Waals surface area contributed by atoms with Gasteiger partial charge in [-0.2, -0.15) is 0 Å². The predicted octanol–water partition coefficient (Wildman–Crippen LogP) is 11.0. The fourth-order valence-electron chi connectivity index (χ4n) is 5.59. The van der Waals surface area contributed by atoms with Crippen molar-refractivity contribution in [2.24, 2.45) is 0 Å². The number of phosphoric ester groups is 1. The first kappa shape index (κ1) is 55.4. The van der Waals surface area contributed by atoms with Crippen LogP contribution in [0.25, 0.3) is 0 Å². The fraction of sp³-hybridized carbons (Fsp3) is 0.702. The van der Waals surface area contributed by atoms with E-state index >= 15 is 0 Å². The Morgan fingerprint density at radius 1 is 0.655 bits per heavy atom. The molecule has 0 amide bonds. The number of quaternary nitrogens is 1. The molecule has 2 unspecified atom stereocenters. The molecular formula is C47H82NO9P. The molecular weight excluding hydrogens is 753 g/mol. The lowest BCUT2D eigenvalue weighted by Crippen LogP contribution is -2.37. The summed E-state index contributed by atoms with van der Waals surface area (Å²) in [6.07, 6.45) is 44.1. The zero-order valence-electron chi connectivity index (χ0n) is 37.1. The number of aliphatic hydroxyl groups is 1. The van der Waals surface area contributed by atoms with Gasteiger partial charge in [-0.1, -0.05) is 170 Å². The van der Waals surface area contributed by atoms with Crippen molar-refractivity contribution in [2.45, 2.75) is 167 Å². The van der Waals surface area contributed by atoms with E-state index in [1.54, 1.807) is 6.08 Å². The van der Waals surface area contributed by atoms with Crippen LogP contribution < -0.4 is 4.89 Å². The first-order valence-corrected chi connectivity index (χ1v) is 23.7. The van der Waals surface area contributed by atoms with Crippen LogP contribution >= 0.6 is 7.82 Å². The lowest BCUT2D eigenvalue weighted by molar-refractivity contribution is -0.870. The number of carbonyl (C=O) groups is 2. The third kappa shape index (κ3) is 41.6. The van der Waals surface area contributed by atoms with Crippen molar-refractivity contribution < 1.29 is 47.2 Å². The maximum absolute atomic E-state index is 12.7. The molecule has 0 aliphatic heterocycles. The molecule has 10 nitrogen and oxygen atoms in total. The highest BCUT2D eigenvalue weighted by Gasteiger charge is 2.21. The van der Waals surface area contributed by atoms with Crippen LogP contribution in [-0.2, 0) is 32.7 Å². The number of carbonyl (C=O) groups excluding carboxylic acids is 2. The number of rotatable bonds is 39. The Hall–Kier alpha value is -2.59. The zero-order chi connectivity index (χ0) is 43.0. The Morgan fingerprint density at radius 3 is 1.78 bits per heavy atom. The molecule has 3 atom stereocenters. The highest BCUT2D eigenvalue weighted by Crippen LogP contribution is 2.38. The van der Waals surface area contributed by atoms with Crippen LogP contribution in [0, 0.1) is 0 Å². The summed E-state index contributed by atoms with van der Waals surface area (Å²) in [5.74, 6) is -0.956. The average molecular weight is 836 g/mol. The molecule has 0 fully saturated rings. The van der Waals surface area contributed by atoms with Crippen LogP contribution in [0.3, 0.4) is 0 Å². The van der Waals surface area contributed by atoms with E-state index < -0.39 is 38.6 Å². The summed E-state index contributed by atoms with van der Waals surface area (Å²) < 4.78 is 33.8. The van der Waals surface area contributed by atoms with Crippen LogP contribution in [0.15, 0.2) is 72.9 Å². The Morgan fingerprint density at radius 2 is 1.21 bits per heavy atom. The molecule has 11 heteroatoms. The maximum Gasteiger partial charge on any atom is 0.306 e. The van der Waals surface area contributed by atoms with Crippen LogP contribution in [0.1, 0.15) is 155 Å². The second kappa shape index (κ2) is 38.6. The van der Waals surface area contributed by atoms with Crippen molar-refractivity contribution in [3.63, 3.8) is 0 Å². The van der Waals surface area contributed by atoms with Crippen LogP contribution in [0.4, 0.5) is 0 Å². The van der Waals surface area contributed by atoms with E-state index in [4.69, 9.17) is 18.5 Å². The van der Waals surface area contributed by atoms with E-state index in [9.17, 15) is 24.2 Å². The molecule has 0 saturated heterocycles. The summed E-state index contributed by atoms with van der Waals surface area (Å²) in [6.45, 7) is 3.91. The number of likely N-dealkylation sites (N-methyl/N-ethyl adjacent to an activating group) is 1. The Balaban J connectivity index is 4.51. The van der Waals surface area contributed by atoms with E-state index in [0.717, 1.165) is 44.9 Å². The quantitative estimate of drug-likeness (QED) is 0.0160. The SMILES string of the molecule is CC/C=C\CC(O)/C=C/C=C/C/C=C\C/C=C\C/C=C\CCC(=O)OC[C@H](COP(=O)([O-])OCC[N+](C)(C)C)OC(=O)CCCCCCCCCCCCCCCC. The first-order chi connectivity index (χ1) is 27.9. The Bertz CT molecular complexity index is 1230. The summed E-state index contributed by atoms with van der Waals surface area (Å²) in [5.41, 5.74) is 0. The summed E-state index contributed by atoms with van der Waals surface area (Å²) >= 11 is 0. The Labute approximate surface area is 353 Å². The second-order valence-corrected chi connectivity index (χ2v) is 17.3. The molecule has 0 aromatic rings. The van der Waals surface area contributed by atoms with Gasteiger partial charge in [-0.3, -0.25) is 14.2 Å². The summed E-state index contributed by atoms with van der Waals surface area (Å²) in [6, 6.07) is 0. The summed E-state index contributed by atoms with van der Waals surface area (Å²) in [7, 11) is 1.10. The lowest BCUT2D eigenvalue weighted by atomic mass is 10.0. The molecule has 334 valence electrons. The summed E-state index contributed by atoms with van der Waals surface area (Å²) in [4.78, 5) is 37.5. The molecule has 58 heavy (non-hydrogen) atoms. The van der Waals surface area contributed by atoms with Gasteiger partial charge in [0.15, 0.2) is 6.10 Å². The van der Waals surface area contributed by atoms with Gasteiger partial charge in [0.25, 0.3) is 7.82 Å². The van der Waals surface area contributed by atoms with Gasteiger partial charge in [0.05, 0.1) is 33.9 Å². The standard InChI is InChI=1S/C47H82NO9P/c1-6-8-10-11-12-13-14-15-18-22-25-28-31-35-39-47(51)57-45(43-56-58(52,53)55-41-40-48(3,4)5)42-54-46(50)38-34-30-27-24-21-19-16-17-20-23-26-29-33-37-44(49)36-32-9-7-2/h9,17,19-21,26-27,29-30,32-33,37,44-45,49H,6-8,10-16,18,22-25,28,31,34-36,38-43H2,1-5H3/b20-17-,21-19-,29-26+,30-27-,32-9-,37-33+/t44?,45-/m1/s1. The third-order valence-corrected chi connectivity index (χ3v) is 10.0. The van der Waals surface area contributed by atoms with E-state index in [-0.39, 0.29) is 26.1 Å². The smallest absolute Gasteiger partial charge is 0.306 e. The van der Waals surface area contributed by atoms with Gasteiger partial charge < -0.3 is 33.0 Å². The van der Waals surface area contributed by atoms with Crippen LogP contribution in [0.5, 0.6) is 0 Å². The normalized spacial score (nSPS) is 14.8. The van der Waals surface area contributed by atoms with Crippen molar-refractivity contribution in [3.8, 4) is 0 Å². The minimum absolute atomic E-state index is 0.0507. The number of allylic oxidation sites excluding steroid dienone is 10. The van der Waals surface area contributed by atoms with Crippen molar-refractivity contribution in [1.82, 2.24) is 0 Å². The van der Waals surface area contributed by atoms with Gasteiger partial charge in [0.2, 0.25) is 0 Å². The number of esters is 2. The van der Waals surface area contributed by atoms with Crippen molar-refractivity contribution in [2.75, 3.05) is 47.5 Å². The molecule has 0 heterocycles. The average Bonchev–Trinajstić information content (AvgIpc) is 3.17. The zero-order valence-corrected chi connectivity index (χ0v) is 38.0. The van der Waals surface area contributed by atoms with Gasteiger partial charge in [-0.15, -0.1) is 0 Å². The number of unbranched alkanes of at least 4 members (excludes halogenated alkanes) is 13. The minimum atomic E-state index is -4.65. The second-order valence-electron chi connectivity index (χ2n) is 15.9. The van der Waals surface area contributed by atoms with E-state index in [0.29, 0.717) is 30.3 Å². The minimum Gasteiger partial charge on any atom is -0.756 e. The fourth-order valence-corrected chi connectivity index (χ4v) is 6.32. The van der Waals surface area contributed by atoms with E-state index in [2.05, 4.69) is 38.2 Å². The molecule has 0 spiro atoms. The molecule has 0 aliphatic rings. The Kier molecular flexibility index (Phi) is 36.9. The molecule has 0 saturated carbocycles. The molecule has 0 rings (SSSR count). The number of ether oxygens (including phenoxy) is 2. The number of hydrogen-bond acceptors (Lipinski definition) is 9. The highest BCUT2D eigenvalue weighted by atomic mass is 31.2. The first-order valence-electron chi connectivity index (χ1n) is 22.3. The molecule has 1 N–H and O–H groups in total. The van der Waals surface area contributed by atoms with Gasteiger partial charge in [0.1, 0.15) is 19.8 Å². The van der Waals surface area contributed by atoms with E-state index in [1.807, 2.05) is 63.7 Å². The monoisotopic (exact) mass is 836 g/mol. The van der Waals surface area contributed by atoms with Crippen molar-refractivity contribution in [3.05, 3.63) is 72.9 Å². The number of phosphoric acid groups is 1. The molecule has 0 bridgehead atoms. The number of aliphatic hydroxyl groups excluding tert-OH is 1. The molecule has 0 aromatic heterocycles. The van der Waals surface area contributed by atoms with Crippen molar-refractivity contribution in [1.29, 1.82) is 0 Å². The molecule has 0 radical (unpaired) electrons.